The molecular weight excluding hydrogens is 274 g/mol. The Hall–Kier alpha value is -2.00. The molecule has 0 aliphatic carbocycles. The SMILES string of the molecule is Cc1cccc(C)c1COC(=O)c1cccc(Cl)c1N. The summed E-state index contributed by atoms with van der Waals surface area (Å²) in [5.74, 6) is -0.465. The summed E-state index contributed by atoms with van der Waals surface area (Å²) in [7, 11) is 0. The highest BCUT2D eigenvalue weighted by Crippen LogP contribution is 2.23. The molecule has 0 heterocycles. The third kappa shape index (κ3) is 2.94. The molecule has 2 aromatic carbocycles. The quantitative estimate of drug-likeness (QED) is 0.689. The number of aryl methyl sites for hydroxylation is 2. The molecule has 104 valence electrons. The number of nitrogens with two attached hydrogens (primary N) is 1. The number of carbonyl (C=O) groups excluding carboxylic acids is 1. The number of benzene rings is 2. The first-order valence-corrected chi connectivity index (χ1v) is 6.64. The van der Waals surface area contributed by atoms with Crippen LogP contribution in [0.5, 0.6) is 0 Å². The van der Waals surface area contributed by atoms with E-state index < -0.39 is 5.97 Å². The summed E-state index contributed by atoms with van der Waals surface area (Å²) >= 11 is 5.89. The molecule has 0 unspecified atom stereocenters. The summed E-state index contributed by atoms with van der Waals surface area (Å²) in [4.78, 5) is 12.1. The molecule has 0 amide bonds. The topological polar surface area (TPSA) is 52.3 Å². The van der Waals surface area contributed by atoms with Gasteiger partial charge in [0.25, 0.3) is 0 Å². The Labute approximate surface area is 123 Å². The van der Waals surface area contributed by atoms with Gasteiger partial charge in [-0.25, -0.2) is 4.79 Å². The number of esters is 1. The fraction of sp³-hybridized carbons (Fsp3) is 0.188. The number of para-hydroxylation sites is 1. The highest BCUT2D eigenvalue weighted by Gasteiger charge is 2.14. The molecule has 3 nitrogen and oxygen atoms in total. The maximum atomic E-state index is 12.1. The van der Waals surface area contributed by atoms with Gasteiger partial charge in [-0.1, -0.05) is 35.9 Å². The maximum absolute atomic E-state index is 12.1. The van der Waals surface area contributed by atoms with Crippen LogP contribution in [0.3, 0.4) is 0 Å². The van der Waals surface area contributed by atoms with Crippen molar-refractivity contribution in [3.05, 3.63) is 63.7 Å². The molecule has 4 heteroatoms. The molecule has 0 fully saturated rings. The Bertz CT molecular complexity index is 633. The standard InChI is InChI=1S/C16H16ClNO2/c1-10-5-3-6-11(2)13(10)9-20-16(19)12-7-4-8-14(17)15(12)18/h3-8H,9,18H2,1-2H3. The molecule has 0 aromatic heterocycles. The highest BCUT2D eigenvalue weighted by atomic mass is 35.5. The molecule has 2 N–H and O–H groups in total. The molecule has 0 spiro atoms. The van der Waals surface area contributed by atoms with Crippen LogP contribution in [0, 0.1) is 13.8 Å². The smallest absolute Gasteiger partial charge is 0.340 e. The van der Waals surface area contributed by atoms with Crippen LogP contribution in [0.1, 0.15) is 27.0 Å². The van der Waals surface area contributed by atoms with Crippen LogP contribution in [0.4, 0.5) is 5.69 Å². The number of ether oxygens (including phenoxy) is 1. The molecule has 0 saturated heterocycles. The van der Waals surface area contributed by atoms with E-state index in [1.165, 1.54) is 0 Å². The Morgan fingerprint density at radius 1 is 1.15 bits per heavy atom. The average molecular weight is 290 g/mol. The predicted molar refractivity (Wildman–Crippen MR) is 80.9 cm³/mol. The summed E-state index contributed by atoms with van der Waals surface area (Å²) in [5, 5.41) is 0.353. The Morgan fingerprint density at radius 2 is 1.75 bits per heavy atom. The monoisotopic (exact) mass is 289 g/mol. The van der Waals surface area contributed by atoms with Gasteiger partial charge in [0.05, 0.1) is 16.3 Å². The largest absolute Gasteiger partial charge is 0.457 e. The van der Waals surface area contributed by atoms with Gasteiger partial charge in [0, 0.05) is 0 Å². The van der Waals surface area contributed by atoms with Crippen molar-refractivity contribution in [2.45, 2.75) is 20.5 Å². The average Bonchev–Trinajstić information content (AvgIpc) is 2.41. The molecule has 0 radical (unpaired) electrons. The summed E-state index contributed by atoms with van der Waals surface area (Å²) < 4.78 is 5.33. The molecule has 20 heavy (non-hydrogen) atoms. The van der Waals surface area contributed by atoms with Crippen molar-refractivity contribution >= 4 is 23.3 Å². The molecule has 2 rings (SSSR count). The van der Waals surface area contributed by atoms with Crippen molar-refractivity contribution < 1.29 is 9.53 Å². The summed E-state index contributed by atoms with van der Waals surface area (Å²) in [6.07, 6.45) is 0. The van der Waals surface area contributed by atoms with Crippen molar-refractivity contribution in [3.63, 3.8) is 0 Å². The zero-order chi connectivity index (χ0) is 14.7. The van der Waals surface area contributed by atoms with Crippen molar-refractivity contribution in [1.82, 2.24) is 0 Å². The van der Waals surface area contributed by atoms with E-state index in [0.29, 0.717) is 10.6 Å². The second-order valence-electron chi connectivity index (χ2n) is 4.65. The van der Waals surface area contributed by atoms with Gasteiger partial charge in [0.2, 0.25) is 0 Å². The van der Waals surface area contributed by atoms with Crippen LogP contribution < -0.4 is 5.73 Å². The van der Waals surface area contributed by atoms with Crippen molar-refractivity contribution in [3.8, 4) is 0 Å². The van der Waals surface area contributed by atoms with Crippen LogP contribution >= 0.6 is 11.6 Å². The van der Waals surface area contributed by atoms with Crippen molar-refractivity contribution in [2.24, 2.45) is 0 Å². The van der Waals surface area contributed by atoms with Crippen LogP contribution in [0.25, 0.3) is 0 Å². The van der Waals surface area contributed by atoms with Gasteiger partial charge in [0.1, 0.15) is 6.61 Å². The second-order valence-corrected chi connectivity index (χ2v) is 5.05. The van der Waals surface area contributed by atoms with E-state index in [2.05, 4.69) is 0 Å². The van der Waals surface area contributed by atoms with E-state index >= 15 is 0 Å². The lowest BCUT2D eigenvalue weighted by molar-refractivity contribution is 0.0473. The van der Waals surface area contributed by atoms with Gasteiger partial charge in [-0.05, 0) is 42.7 Å². The van der Waals surface area contributed by atoms with Crippen molar-refractivity contribution in [2.75, 3.05) is 5.73 Å². The van der Waals surface area contributed by atoms with E-state index in [0.717, 1.165) is 16.7 Å². The lowest BCUT2D eigenvalue weighted by atomic mass is 10.0. The zero-order valence-electron chi connectivity index (χ0n) is 11.4. The van der Waals surface area contributed by atoms with E-state index in [-0.39, 0.29) is 12.3 Å². The first kappa shape index (κ1) is 14.4. The molecule has 0 aliphatic heterocycles. The normalized spacial score (nSPS) is 10.3. The Balaban J connectivity index is 2.15. The molecule has 0 saturated carbocycles. The van der Waals surface area contributed by atoms with E-state index in [9.17, 15) is 4.79 Å². The lowest BCUT2D eigenvalue weighted by Crippen LogP contribution is -2.09. The van der Waals surface area contributed by atoms with E-state index in [1.807, 2.05) is 32.0 Å². The van der Waals surface area contributed by atoms with E-state index in [4.69, 9.17) is 22.1 Å². The minimum Gasteiger partial charge on any atom is -0.457 e. The number of rotatable bonds is 3. The lowest BCUT2D eigenvalue weighted by Gasteiger charge is -2.11. The first-order valence-electron chi connectivity index (χ1n) is 6.27. The number of halogens is 1. The summed E-state index contributed by atoms with van der Waals surface area (Å²) in [5.41, 5.74) is 9.53. The number of hydrogen-bond donors (Lipinski definition) is 1. The van der Waals surface area contributed by atoms with Crippen LogP contribution in [0.15, 0.2) is 36.4 Å². The molecular formula is C16H16ClNO2. The summed E-state index contributed by atoms with van der Waals surface area (Å²) in [6.45, 7) is 4.21. The van der Waals surface area contributed by atoms with E-state index in [1.54, 1.807) is 18.2 Å². The third-order valence-corrected chi connectivity index (χ3v) is 3.59. The molecule has 0 bridgehead atoms. The fourth-order valence-electron chi connectivity index (χ4n) is 2.01. The highest BCUT2D eigenvalue weighted by molar-refractivity contribution is 6.33. The number of nitrogen functional groups attached to an aromatic ring is 1. The minimum atomic E-state index is -0.465. The van der Waals surface area contributed by atoms with Crippen LogP contribution in [-0.4, -0.2) is 5.97 Å². The van der Waals surface area contributed by atoms with Gasteiger partial charge >= 0.3 is 5.97 Å². The van der Waals surface area contributed by atoms with Gasteiger partial charge in [-0.15, -0.1) is 0 Å². The number of anilines is 1. The molecule has 0 aliphatic rings. The Kier molecular flexibility index (Phi) is 4.30. The van der Waals surface area contributed by atoms with Gasteiger partial charge < -0.3 is 10.5 Å². The number of hydrogen-bond acceptors (Lipinski definition) is 3. The summed E-state index contributed by atoms with van der Waals surface area (Å²) in [6, 6.07) is 10.9. The minimum absolute atomic E-state index is 0.225. The predicted octanol–water partition coefficient (Wildman–Crippen LogP) is 3.90. The first-order chi connectivity index (χ1) is 9.50. The van der Waals surface area contributed by atoms with Gasteiger partial charge in [-0.2, -0.15) is 0 Å². The van der Waals surface area contributed by atoms with Crippen LogP contribution in [-0.2, 0) is 11.3 Å². The van der Waals surface area contributed by atoms with Crippen LogP contribution in [0.2, 0.25) is 5.02 Å². The van der Waals surface area contributed by atoms with Crippen molar-refractivity contribution in [1.29, 1.82) is 0 Å². The Morgan fingerprint density at radius 3 is 2.40 bits per heavy atom. The van der Waals surface area contributed by atoms with Gasteiger partial charge in [-0.3, -0.25) is 0 Å². The number of carbonyl (C=O) groups is 1. The second kappa shape index (κ2) is 5.97. The fourth-order valence-corrected chi connectivity index (χ4v) is 2.18. The van der Waals surface area contributed by atoms with Gasteiger partial charge in [0.15, 0.2) is 0 Å². The maximum Gasteiger partial charge on any atom is 0.340 e. The zero-order valence-corrected chi connectivity index (χ0v) is 12.2. The molecule has 0 atom stereocenters. The third-order valence-electron chi connectivity index (χ3n) is 3.26. The molecule has 2 aromatic rings.